The Labute approximate surface area is 824 Å². The third kappa shape index (κ3) is 21.9. The van der Waals surface area contributed by atoms with Crippen molar-refractivity contribution in [1.82, 2.24) is 94.3 Å². The Morgan fingerprint density at radius 3 is 1.22 bits per heavy atom. The molecule has 20 heterocycles. The van der Waals surface area contributed by atoms with Crippen LogP contribution in [-0.4, -0.2) is 219 Å². The van der Waals surface area contributed by atoms with E-state index in [4.69, 9.17) is 28.7 Å². The standard InChI is InChI=1S/C21H20BrN7O.C18H20BrN7O2.C18H19BrN6O.C18H18F3N7O.C17H20BrN7O/c22-13-8-25-20-18(19(13)29-7-3-4-12(23)11-29)16(9-26-20)28-21(30)17-10-24-14-5-1-2-6-15(14)27-17;1-25-14(27)5-4-12(24-25)18(28)23-13-8-22-17-15(13)16(11(19)7-21-17)26-6-2-3-10(20)9-26;1-18(20)4-6-25(10-18)15-12(19)8-22-16-14(15)13(9-23-16)24-17(26)11-3-2-5-21-7-11;19-18(20,21)11-6-25-16-14(15(11)28-5-1-2-10(22)9-28)12(8-26-16)27-17(29)13-7-23-3-4-24-13;1-24-6-4-12(23-24)17(26)22-13-8-21-16-14(13)15(11(18)7-20-16)25-5-2-3-10(19)9-25/h1-2,5-6,8-10,12H,3-4,7,11,23H2,(H,25,26)(H,28,30);4-5,7-8,10H,2-3,6,9,20H2,1H3,(H,21,22)(H,23,28);2-3,5,7-9H,4,6,10,20H2,1H3,(H,22,23)(H,24,26);3-4,6-8,10H,1-2,5,9,22H2,(H,25,26)(H,27,29);4,6-8,10H,2-3,5,9,19H2,1H3,(H,20,21)(H,22,26)/t12-;10-;;2*10-/m11.11/s1. The fourth-order valence-corrected chi connectivity index (χ4v) is 19.9. The van der Waals surface area contributed by atoms with E-state index in [2.05, 4.69) is 202 Å². The lowest BCUT2D eigenvalue weighted by Crippen LogP contribution is -2.43. The average molecular weight is 2150 g/mol. The van der Waals surface area contributed by atoms with Crippen LogP contribution in [0.2, 0.25) is 0 Å². The number of amides is 5. The van der Waals surface area contributed by atoms with Crippen molar-refractivity contribution in [3.63, 3.8) is 0 Å². The Bertz CT molecular complexity index is 7320. The van der Waals surface area contributed by atoms with Crippen LogP contribution in [0, 0.1) is 0 Å². The number of rotatable bonds is 15. The Morgan fingerprint density at radius 1 is 0.424 bits per heavy atom. The largest absolute Gasteiger partial charge is 0.419 e. The Morgan fingerprint density at radius 2 is 0.827 bits per heavy atom. The van der Waals surface area contributed by atoms with Crippen molar-refractivity contribution in [2.75, 3.05) is 117 Å². The topological polar surface area (TPSA) is 552 Å². The number of aromatic nitrogens is 19. The van der Waals surface area contributed by atoms with Crippen molar-refractivity contribution in [2.45, 2.75) is 101 Å². The highest BCUT2D eigenvalue weighted by molar-refractivity contribution is 9.11. The van der Waals surface area contributed by atoms with Gasteiger partial charge in [0, 0.05) is 208 Å². The SMILES string of the molecule is CC1(N)CCN(c2c(Br)cnc3[nH]cc(NC(=O)c4cccnc4)c23)C1.Cn1ccc(C(=O)Nc2c[nH]c3ncc(Br)c(N4CCC[C@@H](N)C4)c23)n1.Cn1nc(C(=O)Nc2c[nH]c3ncc(Br)c(N4CCC[C@@H](N)C4)c23)ccc1=O.N[C@@H]1CCCN(c2c(Br)cnc3[nH]cc(NC(=O)c4cnc5ccccc5n4)c23)C1.N[C@@H]1CCCN(c2c(C(F)(F)F)cnc3[nH]cc(NC(=O)c4cnccn4)c23)C1. The van der Waals surface area contributed by atoms with Crippen LogP contribution in [0.4, 0.5) is 70.0 Å². The second-order valence-corrected chi connectivity index (χ2v) is 38.0. The van der Waals surface area contributed by atoms with Crippen molar-refractivity contribution < 1.29 is 37.1 Å². The maximum atomic E-state index is 13.8. The Balaban J connectivity index is 0.000000120. The van der Waals surface area contributed by atoms with E-state index in [9.17, 15) is 41.9 Å². The summed E-state index contributed by atoms with van der Waals surface area (Å²) in [7, 11) is 3.28. The summed E-state index contributed by atoms with van der Waals surface area (Å²) in [5, 5.41) is 26.1. The zero-order valence-corrected chi connectivity index (χ0v) is 81.6. The third-order valence-electron chi connectivity index (χ3n) is 24.2. The van der Waals surface area contributed by atoms with E-state index >= 15 is 0 Å². The Kier molecular flexibility index (Phi) is 29.2. The van der Waals surface area contributed by atoms with Gasteiger partial charge >= 0.3 is 6.18 Å². The van der Waals surface area contributed by atoms with Gasteiger partial charge in [0.15, 0.2) is 5.69 Å². The molecular formula is C92H97Br4F3N34O6. The van der Waals surface area contributed by atoms with E-state index in [1.54, 1.807) is 103 Å². The lowest BCUT2D eigenvalue weighted by molar-refractivity contribution is -0.137. The predicted molar refractivity (Wildman–Crippen MR) is 542 cm³/mol. The number of pyridine rings is 6. The highest BCUT2D eigenvalue weighted by atomic mass is 79.9. The number of carbonyl (C=O) groups is 5. The first kappa shape index (κ1) is 96.9. The summed E-state index contributed by atoms with van der Waals surface area (Å²) >= 11 is 14.5. The number of fused-ring (bicyclic) bond motifs is 6. The molecule has 21 rings (SSSR count). The number of aromatic amines is 5. The lowest BCUT2D eigenvalue weighted by atomic mass is 10.0. The van der Waals surface area contributed by atoms with Gasteiger partial charge in [0.1, 0.15) is 45.3 Å². The van der Waals surface area contributed by atoms with Crippen LogP contribution in [0.1, 0.15) is 123 Å². The molecular weight excluding hydrogens is 2050 g/mol. The maximum Gasteiger partial charge on any atom is 0.419 e. The summed E-state index contributed by atoms with van der Waals surface area (Å²) < 4.78 is 47.5. The molecule has 15 aromatic heterocycles. The first-order valence-electron chi connectivity index (χ1n) is 44.6. The minimum Gasteiger partial charge on any atom is -0.369 e. The molecule has 5 saturated heterocycles. The predicted octanol–water partition coefficient (Wildman–Crippen LogP) is 12.7. The summed E-state index contributed by atoms with van der Waals surface area (Å²) in [4.78, 5) is 143. The highest BCUT2D eigenvalue weighted by Crippen LogP contribution is 2.47. The van der Waals surface area contributed by atoms with Gasteiger partial charge in [0.2, 0.25) is 0 Å². The van der Waals surface area contributed by atoms with Gasteiger partial charge < -0.3 is 105 Å². The molecule has 40 nitrogen and oxygen atoms in total. The zero-order valence-electron chi connectivity index (χ0n) is 75.2. The van der Waals surface area contributed by atoms with Crippen LogP contribution in [-0.2, 0) is 20.3 Å². The fraction of sp³-hybridized carbons (Fsp3) is 0.304. The Hall–Kier alpha value is -13.8. The van der Waals surface area contributed by atoms with Crippen molar-refractivity contribution >= 4 is 216 Å². The third-order valence-corrected chi connectivity index (χ3v) is 26.5. The molecule has 0 spiro atoms. The first-order valence-corrected chi connectivity index (χ1v) is 47.8. The van der Waals surface area contributed by atoms with Gasteiger partial charge in [-0.15, -0.1) is 0 Å². The number of anilines is 10. The van der Waals surface area contributed by atoms with E-state index in [1.807, 2.05) is 24.3 Å². The number of piperidine rings is 4. The number of alkyl halides is 3. The molecule has 0 radical (unpaired) electrons. The molecule has 139 heavy (non-hydrogen) atoms. The molecule has 1 unspecified atom stereocenters. The minimum absolute atomic E-state index is 0.0339. The lowest BCUT2D eigenvalue weighted by Gasteiger charge is -2.34. The maximum absolute atomic E-state index is 13.8. The molecule has 5 fully saturated rings. The van der Waals surface area contributed by atoms with Gasteiger partial charge in [0.05, 0.1) is 136 Å². The molecule has 1 aromatic carbocycles. The van der Waals surface area contributed by atoms with Crippen LogP contribution in [0.3, 0.4) is 0 Å². The summed E-state index contributed by atoms with van der Waals surface area (Å²) in [6.07, 6.45) is 30.6. The summed E-state index contributed by atoms with van der Waals surface area (Å²) in [6.45, 7) is 9.33. The van der Waals surface area contributed by atoms with Gasteiger partial charge in [-0.2, -0.15) is 23.4 Å². The van der Waals surface area contributed by atoms with Crippen LogP contribution in [0.15, 0.2) is 183 Å². The molecule has 720 valence electrons. The van der Waals surface area contributed by atoms with Crippen molar-refractivity contribution in [1.29, 1.82) is 0 Å². The number of halogens is 7. The number of benzene rings is 1. The molecule has 47 heteroatoms. The molecule has 5 amide bonds. The van der Waals surface area contributed by atoms with Crippen LogP contribution < -0.4 is 85.3 Å². The van der Waals surface area contributed by atoms with Crippen LogP contribution in [0.25, 0.3) is 66.2 Å². The number of aryl methyl sites for hydroxylation is 2. The number of nitrogens with one attached hydrogen (secondary N) is 10. The number of hydrogen-bond acceptors (Lipinski definition) is 28. The van der Waals surface area contributed by atoms with Gasteiger partial charge in [-0.3, -0.25) is 48.4 Å². The number of nitrogens with zero attached hydrogens (tertiary/aromatic N) is 19. The minimum atomic E-state index is -4.61. The van der Waals surface area contributed by atoms with Crippen molar-refractivity contribution in [3.8, 4) is 0 Å². The van der Waals surface area contributed by atoms with E-state index < -0.39 is 23.6 Å². The molecule has 16 aromatic rings. The van der Waals surface area contributed by atoms with E-state index in [1.165, 1.54) is 50.2 Å². The second kappa shape index (κ2) is 41.9. The number of hydrogen-bond donors (Lipinski definition) is 15. The van der Waals surface area contributed by atoms with Gasteiger partial charge in [-0.25, -0.2) is 39.6 Å². The fourth-order valence-electron chi connectivity index (χ4n) is 17.7. The number of carbonyl (C=O) groups excluding carboxylic acids is 5. The second-order valence-electron chi connectivity index (χ2n) is 34.6. The summed E-state index contributed by atoms with van der Waals surface area (Å²) in [5.74, 6) is -1.78. The molecule has 5 aliphatic heterocycles. The van der Waals surface area contributed by atoms with Gasteiger partial charge in [0.25, 0.3) is 35.1 Å². The monoisotopic (exact) mass is 2150 g/mol. The number of H-pyrrole nitrogens is 5. The highest BCUT2D eigenvalue weighted by Gasteiger charge is 2.40. The summed E-state index contributed by atoms with van der Waals surface area (Å²) in [5.41, 5.74) is 42.0. The quantitative estimate of drug-likeness (QED) is 0.0453. The van der Waals surface area contributed by atoms with E-state index in [0.29, 0.717) is 63.8 Å². The molecule has 5 atom stereocenters. The first-order chi connectivity index (χ1) is 66.8. The number of para-hydroxylation sites is 2. The number of nitrogens with two attached hydrogens (primary N) is 5. The average Bonchev–Trinajstić information content (AvgIpc) is 1.65. The molecule has 20 N–H and O–H groups in total. The smallest absolute Gasteiger partial charge is 0.369 e. The van der Waals surface area contributed by atoms with Crippen molar-refractivity contribution in [3.05, 3.63) is 222 Å². The van der Waals surface area contributed by atoms with Crippen molar-refractivity contribution in [2.24, 2.45) is 42.8 Å². The van der Waals surface area contributed by atoms with E-state index in [-0.39, 0.29) is 99.0 Å². The molecule has 0 aliphatic carbocycles. The van der Waals surface area contributed by atoms with Crippen LogP contribution in [0.5, 0.6) is 0 Å². The van der Waals surface area contributed by atoms with Gasteiger partial charge in [-0.05, 0) is 165 Å². The molecule has 0 saturated carbocycles. The molecule has 5 aliphatic rings. The van der Waals surface area contributed by atoms with Gasteiger partial charge in [-0.1, -0.05) is 12.1 Å². The van der Waals surface area contributed by atoms with Crippen LogP contribution >= 0.6 is 63.7 Å². The summed E-state index contributed by atoms with van der Waals surface area (Å²) in [6, 6.07) is 15.5. The zero-order chi connectivity index (χ0) is 97.7. The molecule has 0 bridgehead atoms. The van der Waals surface area contributed by atoms with E-state index in [0.717, 1.165) is 194 Å². The normalized spacial score (nSPS) is 17.8.